The monoisotopic (exact) mass is 285 g/mol. The summed E-state index contributed by atoms with van der Waals surface area (Å²) >= 11 is 0. The van der Waals surface area contributed by atoms with E-state index >= 15 is 0 Å². The molecule has 0 bridgehead atoms. The van der Waals surface area contributed by atoms with Gasteiger partial charge in [-0.2, -0.15) is 0 Å². The number of hydrogen-bond acceptors (Lipinski definition) is 3. The molecule has 0 aliphatic rings. The van der Waals surface area contributed by atoms with Gasteiger partial charge in [0.05, 0.1) is 11.5 Å². The van der Waals surface area contributed by atoms with Crippen molar-refractivity contribution >= 4 is 10.0 Å². The fourth-order valence-electron chi connectivity index (χ4n) is 1.46. The van der Waals surface area contributed by atoms with Crippen molar-refractivity contribution in [1.82, 2.24) is 4.89 Å². The fraction of sp³-hybridized carbons (Fsp3) is 0.571. The second-order valence-electron chi connectivity index (χ2n) is 6.07. The molecule has 0 saturated carbocycles. The summed E-state index contributed by atoms with van der Waals surface area (Å²) in [7, 11) is -3.59. The molecule has 0 amide bonds. The molecular weight excluding hydrogens is 262 g/mol. The third-order valence-corrected chi connectivity index (χ3v) is 3.85. The van der Waals surface area contributed by atoms with E-state index < -0.39 is 10.0 Å². The van der Waals surface area contributed by atoms with E-state index in [1.165, 1.54) is 0 Å². The molecular formula is C14H23NO3S. The molecule has 0 radical (unpaired) electrons. The minimum absolute atomic E-state index is 0.00383. The molecule has 0 spiro atoms. The first-order chi connectivity index (χ1) is 8.63. The lowest BCUT2D eigenvalue weighted by Gasteiger charge is -2.19. The van der Waals surface area contributed by atoms with E-state index in [2.05, 4.69) is 25.7 Å². The van der Waals surface area contributed by atoms with Gasteiger partial charge in [-0.05, 0) is 29.0 Å². The average molecular weight is 285 g/mol. The van der Waals surface area contributed by atoms with Crippen molar-refractivity contribution in [2.45, 2.75) is 44.9 Å². The summed E-state index contributed by atoms with van der Waals surface area (Å²) in [5, 5.41) is 0. The first-order valence-corrected chi connectivity index (χ1v) is 7.85. The minimum atomic E-state index is -3.59. The van der Waals surface area contributed by atoms with E-state index in [1.54, 1.807) is 12.1 Å². The predicted octanol–water partition coefficient (Wildman–Crippen LogP) is 2.85. The molecule has 0 aliphatic heterocycles. The van der Waals surface area contributed by atoms with Crippen LogP contribution in [0.1, 0.15) is 40.2 Å². The smallest absolute Gasteiger partial charge is 0.262 e. The summed E-state index contributed by atoms with van der Waals surface area (Å²) in [4.78, 5) is 7.32. The quantitative estimate of drug-likeness (QED) is 0.846. The first kappa shape index (κ1) is 16.1. The molecule has 0 unspecified atom stereocenters. The lowest BCUT2D eigenvalue weighted by atomic mass is 9.87. The lowest BCUT2D eigenvalue weighted by molar-refractivity contribution is 0.0718. The molecule has 1 rings (SSSR count). The topological polar surface area (TPSA) is 55.4 Å². The largest absolute Gasteiger partial charge is 0.287 e. The van der Waals surface area contributed by atoms with Crippen molar-refractivity contribution in [3.8, 4) is 0 Å². The van der Waals surface area contributed by atoms with Crippen molar-refractivity contribution in [1.29, 1.82) is 0 Å². The summed E-state index contributed by atoms with van der Waals surface area (Å²) in [6.07, 6.45) is 0. The van der Waals surface area contributed by atoms with Gasteiger partial charge in [0, 0.05) is 0 Å². The normalized spacial score (nSPS) is 12.9. The molecule has 0 aromatic heterocycles. The van der Waals surface area contributed by atoms with Gasteiger partial charge >= 0.3 is 0 Å². The molecule has 5 heteroatoms. The van der Waals surface area contributed by atoms with Crippen LogP contribution in [0.15, 0.2) is 29.2 Å². The van der Waals surface area contributed by atoms with Crippen LogP contribution >= 0.6 is 0 Å². The van der Waals surface area contributed by atoms with Crippen LogP contribution in [0, 0.1) is 5.92 Å². The van der Waals surface area contributed by atoms with E-state index in [1.807, 2.05) is 26.0 Å². The Hall–Kier alpha value is -0.910. The Labute approximate surface area is 116 Å². The van der Waals surface area contributed by atoms with Crippen LogP contribution in [-0.4, -0.2) is 15.0 Å². The maximum Gasteiger partial charge on any atom is 0.262 e. The van der Waals surface area contributed by atoms with Gasteiger partial charge in [0.1, 0.15) is 0 Å². The first-order valence-electron chi connectivity index (χ1n) is 6.37. The maximum absolute atomic E-state index is 11.9. The molecule has 0 fully saturated rings. The van der Waals surface area contributed by atoms with Crippen molar-refractivity contribution in [3.05, 3.63) is 29.8 Å². The van der Waals surface area contributed by atoms with Crippen molar-refractivity contribution in [3.63, 3.8) is 0 Å². The number of benzene rings is 1. The van der Waals surface area contributed by atoms with Gasteiger partial charge in [-0.3, -0.25) is 4.84 Å². The van der Waals surface area contributed by atoms with Crippen LogP contribution in [0.3, 0.4) is 0 Å². The molecule has 0 atom stereocenters. The van der Waals surface area contributed by atoms with E-state index in [0.29, 0.717) is 6.61 Å². The third kappa shape index (κ3) is 4.93. The number of hydrogen-bond donors (Lipinski definition) is 1. The van der Waals surface area contributed by atoms with Crippen LogP contribution in [0.5, 0.6) is 0 Å². The fourth-order valence-corrected chi connectivity index (χ4v) is 2.27. The zero-order chi connectivity index (χ0) is 14.7. The Bertz CT molecular complexity index is 498. The Balaban J connectivity index is 2.80. The van der Waals surface area contributed by atoms with Gasteiger partial charge < -0.3 is 0 Å². The van der Waals surface area contributed by atoms with Gasteiger partial charge in [-0.15, -0.1) is 0 Å². The average Bonchev–Trinajstić information content (AvgIpc) is 2.27. The summed E-state index contributed by atoms with van der Waals surface area (Å²) in [5.74, 6) is 0.269. The van der Waals surface area contributed by atoms with Gasteiger partial charge in [0.2, 0.25) is 0 Å². The summed E-state index contributed by atoms with van der Waals surface area (Å²) in [6.45, 7) is 10.5. The van der Waals surface area contributed by atoms with Crippen LogP contribution in [0.25, 0.3) is 0 Å². The molecule has 108 valence electrons. The number of nitrogens with one attached hydrogen (secondary N) is 1. The molecule has 0 heterocycles. The number of rotatable bonds is 5. The Morgan fingerprint density at radius 3 is 2.11 bits per heavy atom. The molecule has 0 saturated heterocycles. The SMILES string of the molecule is CC(C)CONS(=O)(=O)c1ccc(C(C)(C)C)cc1. The molecule has 1 N–H and O–H groups in total. The Morgan fingerprint density at radius 1 is 1.16 bits per heavy atom. The van der Waals surface area contributed by atoms with Crippen LogP contribution in [0.4, 0.5) is 0 Å². The van der Waals surface area contributed by atoms with E-state index in [4.69, 9.17) is 4.84 Å². The second-order valence-corrected chi connectivity index (χ2v) is 7.71. The minimum Gasteiger partial charge on any atom is -0.287 e. The molecule has 19 heavy (non-hydrogen) atoms. The lowest BCUT2D eigenvalue weighted by Crippen LogP contribution is -2.26. The zero-order valence-corrected chi connectivity index (χ0v) is 13.0. The highest BCUT2D eigenvalue weighted by atomic mass is 32.2. The van der Waals surface area contributed by atoms with Crippen molar-refractivity contribution in [2.24, 2.45) is 5.92 Å². The van der Waals surface area contributed by atoms with E-state index in [0.717, 1.165) is 5.56 Å². The van der Waals surface area contributed by atoms with Crippen molar-refractivity contribution < 1.29 is 13.3 Å². The molecule has 4 nitrogen and oxygen atoms in total. The predicted molar refractivity (Wildman–Crippen MR) is 76.3 cm³/mol. The summed E-state index contributed by atoms with van der Waals surface area (Å²) < 4.78 is 23.9. The second kappa shape index (κ2) is 6.03. The third-order valence-electron chi connectivity index (χ3n) is 2.62. The van der Waals surface area contributed by atoms with E-state index in [9.17, 15) is 8.42 Å². The van der Waals surface area contributed by atoms with Gasteiger partial charge in [0.25, 0.3) is 10.0 Å². The van der Waals surface area contributed by atoms with Gasteiger partial charge in [-0.25, -0.2) is 8.42 Å². The van der Waals surface area contributed by atoms with Gasteiger partial charge in [0.15, 0.2) is 0 Å². The Morgan fingerprint density at radius 2 is 1.68 bits per heavy atom. The summed E-state index contributed by atoms with van der Waals surface area (Å²) in [6, 6.07) is 6.86. The molecule has 0 aliphatic carbocycles. The molecule has 1 aromatic rings. The zero-order valence-electron chi connectivity index (χ0n) is 12.2. The standard InChI is InChI=1S/C14H23NO3S/c1-11(2)10-18-15-19(16,17)13-8-6-12(7-9-13)14(3,4)5/h6-9,11,15H,10H2,1-5H3. The van der Waals surface area contributed by atoms with Gasteiger partial charge in [-0.1, -0.05) is 51.6 Å². The highest BCUT2D eigenvalue weighted by Crippen LogP contribution is 2.23. The molecule has 1 aromatic carbocycles. The van der Waals surface area contributed by atoms with Crippen LogP contribution in [-0.2, 0) is 20.3 Å². The Kier molecular flexibility index (Phi) is 5.12. The van der Waals surface area contributed by atoms with Crippen LogP contribution < -0.4 is 4.89 Å². The highest BCUT2D eigenvalue weighted by Gasteiger charge is 2.17. The van der Waals surface area contributed by atoms with E-state index in [-0.39, 0.29) is 16.2 Å². The summed E-state index contributed by atoms with van der Waals surface area (Å²) in [5.41, 5.74) is 1.10. The maximum atomic E-state index is 11.9. The highest BCUT2D eigenvalue weighted by molar-refractivity contribution is 7.89. The number of sulfonamides is 1. The van der Waals surface area contributed by atoms with Crippen LogP contribution in [0.2, 0.25) is 0 Å². The van der Waals surface area contributed by atoms with Crippen molar-refractivity contribution in [2.75, 3.05) is 6.61 Å².